The van der Waals surface area contributed by atoms with Crippen molar-refractivity contribution in [3.05, 3.63) is 59.8 Å². The fourth-order valence-electron chi connectivity index (χ4n) is 3.39. The number of ether oxygens (including phenoxy) is 1. The van der Waals surface area contributed by atoms with Gasteiger partial charge < -0.3 is 14.6 Å². The molecule has 0 bridgehead atoms. The number of amides is 1. The summed E-state index contributed by atoms with van der Waals surface area (Å²) in [5.74, 6) is -0.491. The van der Waals surface area contributed by atoms with Crippen molar-refractivity contribution in [1.29, 1.82) is 0 Å². The van der Waals surface area contributed by atoms with Crippen LogP contribution in [0.25, 0.3) is 11.2 Å². The maximum absolute atomic E-state index is 13.6. The Morgan fingerprint density at radius 1 is 1.26 bits per heavy atom. The Hall–Kier alpha value is -2.80. The second-order valence-electron chi connectivity index (χ2n) is 6.66. The van der Waals surface area contributed by atoms with E-state index in [0.717, 1.165) is 31.7 Å². The first-order valence-electron chi connectivity index (χ1n) is 9.14. The highest BCUT2D eigenvalue weighted by atomic mass is 19.1. The molecule has 0 atom stereocenters. The fourth-order valence-corrected chi connectivity index (χ4v) is 3.39. The fraction of sp³-hybridized carbons (Fsp3) is 0.350. The molecule has 2 aromatic heterocycles. The van der Waals surface area contributed by atoms with Gasteiger partial charge in [0.15, 0.2) is 5.65 Å². The molecule has 7 heteroatoms. The van der Waals surface area contributed by atoms with Gasteiger partial charge in [0.2, 0.25) is 0 Å². The van der Waals surface area contributed by atoms with Crippen molar-refractivity contribution in [2.45, 2.75) is 25.3 Å². The minimum absolute atomic E-state index is 0.235. The van der Waals surface area contributed by atoms with Gasteiger partial charge in [-0.05, 0) is 37.0 Å². The van der Waals surface area contributed by atoms with Crippen LogP contribution in [0.3, 0.4) is 0 Å². The zero-order valence-corrected chi connectivity index (χ0v) is 14.9. The van der Waals surface area contributed by atoms with Crippen LogP contribution in [-0.2, 0) is 11.2 Å². The lowest BCUT2D eigenvalue weighted by Crippen LogP contribution is -2.26. The average Bonchev–Trinajstić information content (AvgIpc) is 3.13. The molecule has 6 nitrogen and oxygen atoms in total. The summed E-state index contributed by atoms with van der Waals surface area (Å²) in [7, 11) is 0. The van der Waals surface area contributed by atoms with E-state index >= 15 is 0 Å². The van der Waals surface area contributed by atoms with Gasteiger partial charge in [-0.2, -0.15) is 0 Å². The molecular weight excluding hydrogens is 347 g/mol. The van der Waals surface area contributed by atoms with Crippen LogP contribution < -0.4 is 5.32 Å². The highest BCUT2D eigenvalue weighted by Gasteiger charge is 2.19. The van der Waals surface area contributed by atoms with Crippen LogP contribution in [0.1, 0.15) is 34.8 Å². The third-order valence-electron chi connectivity index (χ3n) is 4.90. The van der Waals surface area contributed by atoms with Crippen molar-refractivity contribution in [1.82, 2.24) is 19.9 Å². The van der Waals surface area contributed by atoms with Crippen molar-refractivity contribution >= 4 is 17.1 Å². The van der Waals surface area contributed by atoms with E-state index in [2.05, 4.69) is 19.9 Å². The molecule has 1 aliphatic heterocycles. The molecule has 3 heterocycles. The van der Waals surface area contributed by atoms with Gasteiger partial charge >= 0.3 is 0 Å². The number of imidazole rings is 1. The zero-order valence-electron chi connectivity index (χ0n) is 14.9. The quantitative estimate of drug-likeness (QED) is 0.752. The molecule has 27 heavy (non-hydrogen) atoms. The number of aromatic nitrogens is 3. The van der Waals surface area contributed by atoms with Crippen LogP contribution in [0.4, 0.5) is 4.39 Å². The van der Waals surface area contributed by atoms with E-state index in [4.69, 9.17) is 4.74 Å². The van der Waals surface area contributed by atoms with E-state index in [9.17, 15) is 9.18 Å². The number of carbonyl (C=O) groups excluding carboxylic acids is 1. The van der Waals surface area contributed by atoms with Gasteiger partial charge in [0.1, 0.15) is 11.3 Å². The standard InChI is InChI=1S/C20H21FN4O2/c21-17-4-2-1-3-14(17)5-8-22-20(26)15-11-18-19(23-12-15)25(13-24-18)16-6-9-27-10-7-16/h1-4,11-13,16H,5-10H2,(H,22,26). The Morgan fingerprint density at radius 3 is 2.89 bits per heavy atom. The number of nitrogens with one attached hydrogen (secondary N) is 1. The van der Waals surface area contributed by atoms with Gasteiger partial charge in [-0.3, -0.25) is 4.79 Å². The minimum atomic E-state index is -0.256. The third-order valence-corrected chi connectivity index (χ3v) is 4.90. The lowest BCUT2D eigenvalue weighted by atomic mass is 10.1. The van der Waals surface area contributed by atoms with E-state index < -0.39 is 0 Å². The number of hydrogen-bond acceptors (Lipinski definition) is 4. The molecule has 1 amide bonds. The minimum Gasteiger partial charge on any atom is -0.381 e. The molecule has 1 fully saturated rings. The largest absolute Gasteiger partial charge is 0.381 e. The summed E-state index contributed by atoms with van der Waals surface area (Å²) in [5, 5.41) is 2.81. The molecule has 0 saturated carbocycles. The molecule has 1 N–H and O–H groups in total. The van der Waals surface area contributed by atoms with Crippen LogP contribution in [0.2, 0.25) is 0 Å². The lowest BCUT2D eigenvalue weighted by Gasteiger charge is -2.23. The van der Waals surface area contributed by atoms with Gasteiger partial charge in [0.05, 0.1) is 11.9 Å². The molecule has 140 valence electrons. The van der Waals surface area contributed by atoms with E-state index in [-0.39, 0.29) is 11.7 Å². The van der Waals surface area contributed by atoms with Gasteiger partial charge in [-0.15, -0.1) is 0 Å². The van der Waals surface area contributed by atoms with Crippen LogP contribution >= 0.6 is 0 Å². The van der Waals surface area contributed by atoms with Crippen LogP contribution in [0.5, 0.6) is 0 Å². The number of carbonyl (C=O) groups is 1. The summed E-state index contributed by atoms with van der Waals surface area (Å²) < 4.78 is 21.1. The number of halogens is 1. The van der Waals surface area contributed by atoms with Crippen molar-refractivity contribution in [3.63, 3.8) is 0 Å². The number of hydrogen-bond donors (Lipinski definition) is 1. The average molecular weight is 368 g/mol. The Kier molecular flexibility index (Phi) is 5.11. The molecule has 1 aromatic carbocycles. The van der Waals surface area contributed by atoms with Crippen LogP contribution in [-0.4, -0.2) is 40.2 Å². The molecule has 3 aromatic rings. The molecular formula is C20H21FN4O2. The Balaban J connectivity index is 1.42. The number of rotatable bonds is 5. The lowest BCUT2D eigenvalue weighted by molar-refractivity contribution is 0.0704. The SMILES string of the molecule is O=C(NCCc1ccccc1F)c1cnc2c(c1)ncn2C1CCOCC1. The second-order valence-corrected chi connectivity index (χ2v) is 6.66. The molecule has 1 saturated heterocycles. The maximum Gasteiger partial charge on any atom is 0.252 e. The molecule has 1 aliphatic rings. The summed E-state index contributed by atoms with van der Waals surface area (Å²) in [4.78, 5) is 21.2. The molecule has 0 radical (unpaired) electrons. The predicted molar refractivity (Wildman–Crippen MR) is 99.1 cm³/mol. The first-order chi connectivity index (χ1) is 13.2. The first-order valence-corrected chi connectivity index (χ1v) is 9.14. The maximum atomic E-state index is 13.6. The molecule has 0 spiro atoms. The third kappa shape index (κ3) is 3.83. The van der Waals surface area contributed by atoms with Crippen molar-refractivity contribution in [2.24, 2.45) is 0 Å². The molecule has 0 unspecified atom stereocenters. The summed E-state index contributed by atoms with van der Waals surface area (Å²) >= 11 is 0. The Morgan fingerprint density at radius 2 is 2.07 bits per heavy atom. The molecule has 4 rings (SSSR count). The van der Waals surface area contributed by atoms with Crippen LogP contribution in [0.15, 0.2) is 42.9 Å². The van der Waals surface area contributed by atoms with E-state index in [1.54, 1.807) is 36.8 Å². The van der Waals surface area contributed by atoms with Gasteiger partial charge in [0.25, 0.3) is 5.91 Å². The molecule has 0 aliphatic carbocycles. The Labute approximate surface area is 156 Å². The highest BCUT2D eigenvalue weighted by molar-refractivity contribution is 5.96. The number of nitrogens with zero attached hydrogens (tertiary/aromatic N) is 3. The van der Waals surface area contributed by atoms with Gasteiger partial charge in [0, 0.05) is 32.0 Å². The second kappa shape index (κ2) is 7.84. The number of fused-ring (bicyclic) bond motifs is 1. The highest BCUT2D eigenvalue weighted by Crippen LogP contribution is 2.24. The Bertz CT molecular complexity index is 950. The van der Waals surface area contributed by atoms with E-state index in [0.29, 0.717) is 35.7 Å². The normalized spacial score (nSPS) is 15.1. The number of pyridine rings is 1. The zero-order chi connectivity index (χ0) is 18.6. The summed E-state index contributed by atoms with van der Waals surface area (Å²) in [6.07, 6.45) is 5.66. The van der Waals surface area contributed by atoms with Gasteiger partial charge in [-0.25, -0.2) is 14.4 Å². The first kappa shape index (κ1) is 17.6. The van der Waals surface area contributed by atoms with Crippen molar-refractivity contribution in [3.8, 4) is 0 Å². The van der Waals surface area contributed by atoms with E-state index in [1.807, 2.05) is 0 Å². The van der Waals surface area contributed by atoms with Crippen molar-refractivity contribution in [2.75, 3.05) is 19.8 Å². The topological polar surface area (TPSA) is 69.0 Å². The number of benzene rings is 1. The predicted octanol–water partition coefficient (Wildman–Crippen LogP) is 2.89. The smallest absolute Gasteiger partial charge is 0.252 e. The summed E-state index contributed by atoms with van der Waals surface area (Å²) in [6, 6.07) is 8.65. The van der Waals surface area contributed by atoms with Crippen molar-refractivity contribution < 1.29 is 13.9 Å². The van der Waals surface area contributed by atoms with Gasteiger partial charge in [-0.1, -0.05) is 18.2 Å². The monoisotopic (exact) mass is 368 g/mol. The van der Waals surface area contributed by atoms with E-state index in [1.165, 1.54) is 6.07 Å². The summed E-state index contributed by atoms with van der Waals surface area (Å²) in [5.41, 5.74) is 2.52. The van der Waals surface area contributed by atoms with Crippen LogP contribution in [0, 0.1) is 5.82 Å². The summed E-state index contributed by atoms with van der Waals surface area (Å²) in [6.45, 7) is 1.84.